The topological polar surface area (TPSA) is 67.1 Å². The lowest BCUT2D eigenvalue weighted by atomic mass is 10.1. The Morgan fingerprint density at radius 1 is 1.03 bits per heavy atom. The summed E-state index contributed by atoms with van der Waals surface area (Å²) in [5.41, 5.74) is 1.97. The second kappa shape index (κ2) is 8.73. The van der Waals surface area contributed by atoms with E-state index in [0.717, 1.165) is 17.4 Å². The maximum atomic E-state index is 14.6. The Kier molecular flexibility index (Phi) is 5.97. The minimum Gasteiger partial charge on any atom is -0.380 e. The van der Waals surface area contributed by atoms with Gasteiger partial charge in [0.05, 0.1) is 29.7 Å². The van der Waals surface area contributed by atoms with Gasteiger partial charge in [0.15, 0.2) is 5.82 Å². The van der Waals surface area contributed by atoms with Crippen LogP contribution in [0.4, 0.5) is 24.8 Å². The molecule has 0 fully saturated rings. The highest BCUT2D eigenvalue weighted by atomic mass is 19.3. The molecule has 0 radical (unpaired) electrons. The maximum absolute atomic E-state index is 14.6. The number of imidazole rings is 1. The molecule has 0 aliphatic rings. The Labute approximate surface area is 189 Å². The van der Waals surface area contributed by atoms with Crippen LogP contribution in [0.3, 0.4) is 0 Å². The summed E-state index contributed by atoms with van der Waals surface area (Å²) < 4.78 is 42.7. The van der Waals surface area contributed by atoms with E-state index in [1.54, 1.807) is 6.20 Å². The van der Waals surface area contributed by atoms with Crippen LogP contribution in [-0.2, 0) is 0 Å². The molecule has 0 spiro atoms. The summed E-state index contributed by atoms with van der Waals surface area (Å²) in [6, 6.07) is 10.6. The van der Waals surface area contributed by atoms with E-state index < -0.39 is 12.2 Å². The molecule has 0 bridgehead atoms. The number of benzene rings is 1. The molecule has 6 nitrogen and oxygen atoms in total. The van der Waals surface area contributed by atoms with Crippen molar-refractivity contribution >= 4 is 17.3 Å². The van der Waals surface area contributed by atoms with Gasteiger partial charge >= 0.3 is 0 Å². The minimum atomic E-state index is -2.69. The summed E-state index contributed by atoms with van der Waals surface area (Å²) in [7, 11) is 0. The van der Waals surface area contributed by atoms with Gasteiger partial charge in [-0.25, -0.2) is 28.1 Å². The first-order valence-corrected chi connectivity index (χ1v) is 10.5. The van der Waals surface area contributed by atoms with Gasteiger partial charge in [0.25, 0.3) is 6.43 Å². The van der Waals surface area contributed by atoms with E-state index in [1.165, 1.54) is 22.7 Å². The summed E-state index contributed by atoms with van der Waals surface area (Å²) in [6.07, 6.45) is 1.25. The van der Waals surface area contributed by atoms with E-state index >= 15 is 0 Å². The fraction of sp³-hybridized carbons (Fsp3) is 0.292. The number of nitrogens with zero attached hydrogens (tertiary/aromatic N) is 4. The van der Waals surface area contributed by atoms with E-state index in [1.807, 2.05) is 31.2 Å². The van der Waals surface area contributed by atoms with Crippen molar-refractivity contribution in [3.8, 4) is 11.4 Å². The average Bonchev–Trinajstić information content (AvgIpc) is 3.18. The van der Waals surface area contributed by atoms with E-state index in [4.69, 9.17) is 0 Å². The van der Waals surface area contributed by atoms with Gasteiger partial charge in [-0.2, -0.15) is 0 Å². The number of rotatable bonds is 6. The van der Waals surface area contributed by atoms with Crippen LogP contribution in [0, 0.1) is 5.82 Å². The van der Waals surface area contributed by atoms with Crippen LogP contribution >= 0.6 is 0 Å². The predicted octanol–water partition coefficient (Wildman–Crippen LogP) is 6.25. The molecular weight excluding hydrogens is 429 g/mol. The third-order valence-electron chi connectivity index (χ3n) is 5.04. The first kappa shape index (κ1) is 22.6. The molecule has 4 rings (SSSR count). The average molecular weight is 455 g/mol. The highest BCUT2D eigenvalue weighted by Gasteiger charge is 2.19. The van der Waals surface area contributed by atoms with Gasteiger partial charge < -0.3 is 10.6 Å². The molecule has 0 amide bonds. The normalized spacial score (nSPS) is 12.8. The molecule has 1 aromatic carbocycles. The first-order valence-electron chi connectivity index (χ1n) is 10.5. The number of alkyl halides is 2. The van der Waals surface area contributed by atoms with E-state index in [-0.39, 0.29) is 40.1 Å². The molecule has 2 N–H and O–H groups in total. The van der Waals surface area contributed by atoms with Crippen molar-refractivity contribution in [3.05, 3.63) is 71.9 Å². The fourth-order valence-electron chi connectivity index (χ4n) is 3.59. The number of fused-ring (bicyclic) bond motifs is 1. The number of nitrogens with one attached hydrogen (secondary N) is 2. The molecule has 4 aromatic rings. The fourth-order valence-corrected chi connectivity index (χ4v) is 3.59. The number of pyridine rings is 1. The van der Waals surface area contributed by atoms with Crippen LogP contribution in [0.5, 0.6) is 0 Å². The van der Waals surface area contributed by atoms with Crippen molar-refractivity contribution in [2.75, 3.05) is 10.6 Å². The Hall–Kier alpha value is -3.62. The van der Waals surface area contributed by atoms with Crippen molar-refractivity contribution in [3.63, 3.8) is 0 Å². The van der Waals surface area contributed by atoms with Gasteiger partial charge in [-0.1, -0.05) is 12.1 Å². The Balaban J connectivity index is 1.63. The second-order valence-corrected chi connectivity index (χ2v) is 8.86. The lowest BCUT2D eigenvalue weighted by Gasteiger charge is -2.23. The van der Waals surface area contributed by atoms with Crippen molar-refractivity contribution < 1.29 is 13.2 Å². The zero-order valence-electron chi connectivity index (χ0n) is 18.8. The molecule has 0 saturated heterocycles. The zero-order valence-corrected chi connectivity index (χ0v) is 18.8. The first-order chi connectivity index (χ1) is 15.6. The largest absolute Gasteiger partial charge is 0.380 e. The van der Waals surface area contributed by atoms with Gasteiger partial charge in [0, 0.05) is 17.4 Å². The van der Waals surface area contributed by atoms with E-state index in [2.05, 4.69) is 46.4 Å². The monoisotopic (exact) mass is 454 g/mol. The van der Waals surface area contributed by atoms with Crippen LogP contribution in [0.25, 0.3) is 17.0 Å². The van der Waals surface area contributed by atoms with Crippen LogP contribution in [0.15, 0.2) is 55.0 Å². The minimum absolute atomic E-state index is 0.0261. The van der Waals surface area contributed by atoms with Crippen LogP contribution in [-0.4, -0.2) is 24.9 Å². The lowest BCUT2D eigenvalue weighted by molar-refractivity contribution is 0.152. The SMILES string of the molecule is C[C@H](Nc1ncc(F)c(-c2cnc3c(C(F)F)cccn23)n1)c1cccc(NC(C)(C)C)c1. The standard InChI is InChI=1S/C24H25F3N6/c1-14(15-7-5-8-16(11-15)32-24(2,3)4)30-23-29-12-18(25)20(31-23)19-13-28-22-17(21(26)27)9-6-10-33(19)22/h5-14,21,32H,1-4H3,(H,29,30,31)/t14-/m0/s1. The quantitative estimate of drug-likeness (QED) is 0.360. The molecule has 172 valence electrons. The molecule has 33 heavy (non-hydrogen) atoms. The zero-order chi connectivity index (χ0) is 23.8. The number of anilines is 2. The summed E-state index contributed by atoms with van der Waals surface area (Å²) in [6.45, 7) is 8.20. The predicted molar refractivity (Wildman–Crippen MR) is 123 cm³/mol. The van der Waals surface area contributed by atoms with Gasteiger partial charge in [-0.15, -0.1) is 0 Å². The van der Waals surface area contributed by atoms with Gasteiger partial charge in [0.2, 0.25) is 5.95 Å². The van der Waals surface area contributed by atoms with Crippen LogP contribution in [0.2, 0.25) is 0 Å². The summed E-state index contributed by atoms with van der Waals surface area (Å²) >= 11 is 0. The van der Waals surface area contributed by atoms with E-state index in [0.29, 0.717) is 0 Å². The van der Waals surface area contributed by atoms with Crippen LogP contribution in [0.1, 0.15) is 51.3 Å². The van der Waals surface area contributed by atoms with E-state index in [9.17, 15) is 13.2 Å². The highest BCUT2D eigenvalue weighted by molar-refractivity contribution is 5.64. The van der Waals surface area contributed by atoms with Crippen molar-refractivity contribution in [1.29, 1.82) is 0 Å². The molecule has 0 unspecified atom stereocenters. The van der Waals surface area contributed by atoms with Crippen LogP contribution < -0.4 is 10.6 Å². The Morgan fingerprint density at radius 3 is 2.55 bits per heavy atom. The Morgan fingerprint density at radius 2 is 1.82 bits per heavy atom. The third kappa shape index (κ3) is 4.92. The summed E-state index contributed by atoms with van der Waals surface area (Å²) in [5.74, 6) is -0.457. The highest BCUT2D eigenvalue weighted by Crippen LogP contribution is 2.29. The van der Waals surface area contributed by atoms with Crippen molar-refractivity contribution in [1.82, 2.24) is 19.4 Å². The number of aromatic nitrogens is 4. The molecule has 3 heterocycles. The second-order valence-electron chi connectivity index (χ2n) is 8.86. The number of hydrogen-bond acceptors (Lipinski definition) is 5. The number of hydrogen-bond donors (Lipinski definition) is 2. The van der Waals surface area contributed by atoms with Crippen molar-refractivity contribution in [2.45, 2.75) is 45.7 Å². The molecule has 0 saturated carbocycles. The summed E-state index contributed by atoms with van der Waals surface area (Å²) in [4.78, 5) is 12.4. The number of halogens is 3. The summed E-state index contributed by atoms with van der Waals surface area (Å²) in [5, 5.41) is 6.62. The molecule has 0 aliphatic heterocycles. The molecule has 0 aliphatic carbocycles. The van der Waals surface area contributed by atoms with Gasteiger partial charge in [0.1, 0.15) is 11.3 Å². The van der Waals surface area contributed by atoms with Gasteiger partial charge in [-0.3, -0.25) is 4.40 Å². The molecule has 9 heteroatoms. The third-order valence-corrected chi connectivity index (χ3v) is 5.04. The molecule has 3 aromatic heterocycles. The van der Waals surface area contributed by atoms with Crippen molar-refractivity contribution in [2.24, 2.45) is 0 Å². The lowest BCUT2D eigenvalue weighted by Crippen LogP contribution is -2.26. The molecule has 1 atom stereocenters. The molecular formula is C24H25F3N6. The van der Waals surface area contributed by atoms with Gasteiger partial charge in [-0.05, 0) is 57.5 Å². The smallest absolute Gasteiger partial charge is 0.267 e. The maximum Gasteiger partial charge on any atom is 0.267 e. The Bertz CT molecular complexity index is 1280.